The van der Waals surface area contributed by atoms with Crippen molar-refractivity contribution in [1.29, 1.82) is 0 Å². The predicted octanol–water partition coefficient (Wildman–Crippen LogP) is 5.21. The molecular weight excluding hydrogens is 426 g/mol. The molecule has 0 aliphatic heterocycles. The van der Waals surface area contributed by atoms with E-state index in [9.17, 15) is 14.4 Å². The molecule has 0 spiro atoms. The van der Waals surface area contributed by atoms with Crippen molar-refractivity contribution in [1.82, 2.24) is 4.57 Å². The summed E-state index contributed by atoms with van der Waals surface area (Å²) >= 11 is 5.86. The van der Waals surface area contributed by atoms with E-state index in [4.69, 9.17) is 16.3 Å². The van der Waals surface area contributed by atoms with Crippen LogP contribution in [0, 0.1) is 6.92 Å². The molecule has 6 heteroatoms. The van der Waals surface area contributed by atoms with Crippen LogP contribution in [0.1, 0.15) is 26.4 Å². The third-order valence-electron chi connectivity index (χ3n) is 5.34. The van der Waals surface area contributed by atoms with Gasteiger partial charge in [-0.25, -0.2) is 4.79 Å². The summed E-state index contributed by atoms with van der Waals surface area (Å²) in [5.41, 5.74) is 2.60. The highest BCUT2D eigenvalue weighted by atomic mass is 35.5. The van der Waals surface area contributed by atoms with E-state index in [1.165, 1.54) is 11.6 Å². The molecular formula is C26H20ClNO4. The van der Waals surface area contributed by atoms with Crippen LogP contribution < -0.4 is 5.56 Å². The lowest BCUT2D eigenvalue weighted by Crippen LogP contribution is -2.27. The van der Waals surface area contributed by atoms with Crippen molar-refractivity contribution in [2.45, 2.75) is 6.92 Å². The molecule has 0 bridgehead atoms. The van der Waals surface area contributed by atoms with Gasteiger partial charge < -0.3 is 9.30 Å². The molecule has 0 aliphatic carbocycles. The van der Waals surface area contributed by atoms with E-state index < -0.39 is 12.6 Å². The minimum absolute atomic E-state index is 0.0986. The highest BCUT2D eigenvalue weighted by Crippen LogP contribution is 2.31. The summed E-state index contributed by atoms with van der Waals surface area (Å²) in [6.45, 7) is 1.52. The molecule has 5 nitrogen and oxygen atoms in total. The van der Waals surface area contributed by atoms with Crippen LogP contribution >= 0.6 is 11.6 Å². The Hall–Kier alpha value is -3.70. The van der Waals surface area contributed by atoms with Gasteiger partial charge in [-0.2, -0.15) is 0 Å². The van der Waals surface area contributed by atoms with Gasteiger partial charge in [-0.3, -0.25) is 9.59 Å². The maximum atomic E-state index is 13.2. The van der Waals surface area contributed by atoms with Gasteiger partial charge in [0.25, 0.3) is 5.56 Å². The van der Waals surface area contributed by atoms with Gasteiger partial charge in [0.05, 0.1) is 0 Å². The van der Waals surface area contributed by atoms with Gasteiger partial charge in [-0.05, 0) is 48.2 Å². The largest absolute Gasteiger partial charge is 0.453 e. The minimum atomic E-state index is -0.742. The van der Waals surface area contributed by atoms with Crippen molar-refractivity contribution in [2.75, 3.05) is 6.61 Å². The molecule has 4 rings (SSSR count). The number of Topliss-reactive ketones (excluding diaryl/α,β-unsaturated/α-hetero) is 1. The van der Waals surface area contributed by atoms with Gasteiger partial charge in [0.2, 0.25) is 0 Å². The Labute approximate surface area is 189 Å². The van der Waals surface area contributed by atoms with E-state index in [0.29, 0.717) is 26.9 Å². The van der Waals surface area contributed by atoms with Gasteiger partial charge in [0.15, 0.2) is 12.4 Å². The molecule has 0 saturated heterocycles. The predicted molar refractivity (Wildman–Crippen MR) is 125 cm³/mol. The quantitative estimate of drug-likeness (QED) is 0.312. The molecule has 0 N–H and O–H groups in total. The third kappa shape index (κ3) is 4.07. The molecule has 0 saturated carbocycles. The fraction of sp³-hybridized carbons (Fsp3) is 0.115. The number of benzene rings is 3. The van der Waals surface area contributed by atoms with Crippen LogP contribution in [0.15, 0.2) is 77.6 Å². The summed E-state index contributed by atoms with van der Waals surface area (Å²) in [6, 6.07) is 21.2. The first-order valence-electron chi connectivity index (χ1n) is 10.0. The van der Waals surface area contributed by atoms with E-state index in [1.54, 1.807) is 36.4 Å². The third-order valence-corrected chi connectivity index (χ3v) is 5.59. The molecule has 0 amide bonds. The lowest BCUT2D eigenvalue weighted by molar-refractivity contribution is 0.0465. The normalized spacial score (nSPS) is 10.8. The molecule has 4 aromatic rings. The van der Waals surface area contributed by atoms with Crippen molar-refractivity contribution in [3.8, 4) is 11.1 Å². The van der Waals surface area contributed by atoms with Gasteiger partial charge in [0.1, 0.15) is 5.69 Å². The second-order valence-electron chi connectivity index (χ2n) is 7.51. The van der Waals surface area contributed by atoms with E-state index in [1.807, 2.05) is 43.3 Å². The van der Waals surface area contributed by atoms with Gasteiger partial charge in [-0.1, -0.05) is 59.6 Å². The number of halogens is 1. The monoisotopic (exact) mass is 445 g/mol. The van der Waals surface area contributed by atoms with Crippen molar-refractivity contribution in [3.63, 3.8) is 0 Å². The Bertz CT molecular complexity index is 1390. The molecule has 3 aromatic carbocycles. The number of pyridine rings is 1. The first-order chi connectivity index (χ1) is 15.4. The van der Waals surface area contributed by atoms with Crippen LogP contribution in [-0.4, -0.2) is 22.9 Å². The number of esters is 1. The average Bonchev–Trinajstić information content (AvgIpc) is 2.80. The number of nitrogens with zero attached hydrogens (tertiary/aromatic N) is 1. The molecule has 160 valence electrons. The smallest absolute Gasteiger partial charge is 0.356 e. The number of hydrogen-bond donors (Lipinski definition) is 0. The van der Waals surface area contributed by atoms with E-state index in [-0.39, 0.29) is 17.0 Å². The standard InChI is InChI=1S/C26H20ClNO4/c1-16-7-9-18(10-8-16)23-20-5-3-4-6-21(20)25(30)28(2)24(23)26(31)32-15-22(29)17-11-13-19(27)14-12-17/h3-14H,15H2,1-2H3. The van der Waals surface area contributed by atoms with Crippen LogP contribution in [0.25, 0.3) is 21.9 Å². The zero-order chi connectivity index (χ0) is 22.8. The first kappa shape index (κ1) is 21.5. The molecule has 1 heterocycles. The number of hydrogen-bond acceptors (Lipinski definition) is 4. The zero-order valence-corrected chi connectivity index (χ0v) is 18.3. The van der Waals surface area contributed by atoms with E-state index in [0.717, 1.165) is 11.1 Å². The van der Waals surface area contributed by atoms with Crippen LogP contribution in [0.5, 0.6) is 0 Å². The van der Waals surface area contributed by atoms with Crippen molar-refractivity contribution >= 4 is 34.1 Å². The second-order valence-corrected chi connectivity index (χ2v) is 7.94. The number of rotatable bonds is 5. The number of ketones is 1. The Morgan fingerprint density at radius 3 is 2.19 bits per heavy atom. The Morgan fingerprint density at radius 1 is 0.906 bits per heavy atom. The molecule has 0 atom stereocenters. The Kier molecular flexibility index (Phi) is 5.93. The lowest BCUT2D eigenvalue weighted by Gasteiger charge is -2.17. The molecule has 32 heavy (non-hydrogen) atoms. The molecule has 0 radical (unpaired) electrons. The maximum absolute atomic E-state index is 13.2. The topological polar surface area (TPSA) is 65.4 Å². The van der Waals surface area contributed by atoms with Crippen molar-refractivity contribution < 1.29 is 14.3 Å². The van der Waals surface area contributed by atoms with Gasteiger partial charge in [-0.15, -0.1) is 0 Å². The van der Waals surface area contributed by atoms with Gasteiger partial charge in [0, 0.05) is 28.6 Å². The number of aryl methyl sites for hydroxylation is 1. The average molecular weight is 446 g/mol. The summed E-state index contributed by atoms with van der Waals surface area (Å²) in [7, 11) is 1.53. The number of aromatic nitrogens is 1. The summed E-state index contributed by atoms with van der Waals surface area (Å²) < 4.78 is 6.65. The van der Waals surface area contributed by atoms with Crippen LogP contribution in [0.2, 0.25) is 5.02 Å². The van der Waals surface area contributed by atoms with Crippen LogP contribution in [0.4, 0.5) is 0 Å². The number of carbonyl (C=O) groups is 2. The van der Waals surface area contributed by atoms with Crippen LogP contribution in [0.3, 0.4) is 0 Å². The number of fused-ring (bicyclic) bond motifs is 1. The molecule has 0 aliphatic rings. The summed E-state index contributed by atoms with van der Waals surface area (Å²) in [4.78, 5) is 38.6. The fourth-order valence-electron chi connectivity index (χ4n) is 3.64. The van der Waals surface area contributed by atoms with Crippen LogP contribution in [-0.2, 0) is 11.8 Å². The van der Waals surface area contributed by atoms with E-state index >= 15 is 0 Å². The summed E-state index contributed by atoms with van der Waals surface area (Å²) in [5.74, 6) is -1.11. The molecule has 0 fully saturated rings. The zero-order valence-electron chi connectivity index (χ0n) is 17.6. The highest BCUT2D eigenvalue weighted by molar-refractivity contribution is 6.30. The second kappa shape index (κ2) is 8.81. The van der Waals surface area contributed by atoms with E-state index in [2.05, 4.69) is 0 Å². The minimum Gasteiger partial charge on any atom is -0.453 e. The Balaban J connectivity index is 1.78. The van der Waals surface area contributed by atoms with Crippen molar-refractivity contribution in [2.24, 2.45) is 7.05 Å². The Morgan fingerprint density at radius 2 is 1.53 bits per heavy atom. The highest BCUT2D eigenvalue weighted by Gasteiger charge is 2.23. The lowest BCUT2D eigenvalue weighted by atomic mass is 9.96. The fourth-order valence-corrected chi connectivity index (χ4v) is 3.76. The summed E-state index contributed by atoms with van der Waals surface area (Å²) in [5, 5.41) is 1.65. The van der Waals surface area contributed by atoms with Gasteiger partial charge >= 0.3 is 5.97 Å². The molecule has 1 aromatic heterocycles. The number of carbonyl (C=O) groups excluding carboxylic acids is 2. The first-order valence-corrected chi connectivity index (χ1v) is 10.4. The summed E-state index contributed by atoms with van der Waals surface area (Å²) in [6.07, 6.45) is 0. The molecule has 0 unspecified atom stereocenters. The number of ether oxygens (including phenoxy) is 1. The van der Waals surface area contributed by atoms with Crippen molar-refractivity contribution in [3.05, 3.63) is 105 Å². The maximum Gasteiger partial charge on any atom is 0.356 e. The SMILES string of the molecule is Cc1ccc(-c2c(C(=O)OCC(=O)c3ccc(Cl)cc3)n(C)c(=O)c3ccccc23)cc1.